The minimum atomic E-state index is -0.797. The van der Waals surface area contributed by atoms with E-state index in [0.29, 0.717) is 0 Å². The van der Waals surface area contributed by atoms with Crippen molar-refractivity contribution in [2.24, 2.45) is 0 Å². The van der Waals surface area contributed by atoms with Crippen molar-refractivity contribution >= 4 is 11.4 Å². The maximum atomic E-state index is 13.4. The lowest BCUT2D eigenvalue weighted by Gasteiger charge is -2.30. The van der Waals surface area contributed by atoms with Gasteiger partial charge in [-0.1, -0.05) is 6.07 Å². The second-order valence-electron chi connectivity index (χ2n) is 4.64. The zero-order chi connectivity index (χ0) is 13.1. The maximum Gasteiger partial charge on any atom is 0.327 e. The van der Waals surface area contributed by atoms with Crippen LogP contribution >= 0.6 is 0 Å². The van der Waals surface area contributed by atoms with Crippen LogP contribution in [0.5, 0.6) is 0 Å². The Morgan fingerprint density at radius 1 is 1.56 bits per heavy atom. The van der Waals surface area contributed by atoms with E-state index in [0.717, 1.165) is 32.0 Å². The van der Waals surface area contributed by atoms with Gasteiger partial charge in [-0.15, -0.1) is 0 Å². The average Bonchev–Trinajstić information content (AvgIpc) is 2.28. The summed E-state index contributed by atoms with van der Waals surface area (Å²) < 4.78 is 13.4. The maximum absolute atomic E-state index is 13.4. The highest BCUT2D eigenvalue weighted by Crippen LogP contribution is 2.28. The molecule has 0 bridgehead atoms. The third-order valence-corrected chi connectivity index (χ3v) is 3.15. The van der Waals surface area contributed by atoms with Gasteiger partial charge >= 0.3 is 5.69 Å². The molecule has 0 radical (unpaired) electrons. The summed E-state index contributed by atoms with van der Waals surface area (Å²) in [5.74, 6) is -0.797. The summed E-state index contributed by atoms with van der Waals surface area (Å²) in [7, 11) is 2.01. The fraction of sp³-hybridized carbons (Fsp3) is 0.500. The van der Waals surface area contributed by atoms with E-state index in [1.807, 2.05) is 7.05 Å². The zero-order valence-corrected chi connectivity index (χ0v) is 10.2. The third-order valence-electron chi connectivity index (χ3n) is 3.15. The number of benzene rings is 1. The lowest BCUT2D eigenvalue weighted by molar-refractivity contribution is -0.386. The van der Waals surface area contributed by atoms with Crippen molar-refractivity contribution in [2.45, 2.75) is 18.9 Å². The Bertz CT molecular complexity index is 453. The number of nitro benzene ring substituents is 1. The summed E-state index contributed by atoms with van der Waals surface area (Å²) in [6, 6.07) is 4.27. The van der Waals surface area contributed by atoms with Crippen LogP contribution in [0.2, 0.25) is 0 Å². The molecule has 1 aromatic rings. The van der Waals surface area contributed by atoms with E-state index in [4.69, 9.17) is 0 Å². The Kier molecular flexibility index (Phi) is 3.76. The number of halogens is 1. The summed E-state index contributed by atoms with van der Waals surface area (Å²) in [6.45, 7) is 1.84. The molecule has 1 fully saturated rings. The minimum Gasteiger partial charge on any atom is -0.375 e. The molecule has 0 spiro atoms. The summed E-state index contributed by atoms with van der Waals surface area (Å²) in [5.41, 5.74) is -0.203. The van der Waals surface area contributed by atoms with Gasteiger partial charge in [-0.25, -0.2) is 0 Å². The number of likely N-dealkylation sites (N-methyl/N-ethyl adjacent to an activating group) is 1. The molecule has 2 rings (SSSR count). The lowest BCUT2D eigenvalue weighted by Crippen LogP contribution is -2.39. The molecule has 1 aromatic carbocycles. The molecule has 1 saturated heterocycles. The van der Waals surface area contributed by atoms with Crippen molar-refractivity contribution in [3.8, 4) is 0 Å². The molecular formula is C12H16FN3O2. The van der Waals surface area contributed by atoms with Crippen molar-refractivity contribution < 1.29 is 9.31 Å². The first kappa shape index (κ1) is 12.8. The Morgan fingerprint density at radius 3 is 3.00 bits per heavy atom. The lowest BCUT2D eigenvalue weighted by atomic mass is 10.1. The quantitative estimate of drug-likeness (QED) is 0.663. The zero-order valence-electron chi connectivity index (χ0n) is 10.2. The number of nitrogens with zero attached hydrogens (tertiary/aromatic N) is 2. The van der Waals surface area contributed by atoms with Crippen LogP contribution in [0.3, 0.4) is 0 Å². The van der Waals surface area contributed by atoms with Gasteiger partial charge in [0, 0.05) is 12.6 Å². The van der Waals surface area contributed by atoms with E-state index in [1.165, 1.54) is 6.07 Å². The molecule has 1 atom stereocenters. The van der Waals surface area contributed by atoms with E-state index < -0.39 is 16.4 Å². The highest BCUT2D eigenvalue weighted by molar-refractivity contribution is 5.62. The van der Waals surface area contributed by atoms with E-state index in [2.05, 4.69) is 10.2 Å². The second-order valence-corrected chi connectivity index (χ2v) is 4.64. The van der Waals surface area contributed by atoms with Crippen LogP contribution in [0.4, 0.5) is 15.8 Å². The standard InChI is InChI=1S/C12H16FN3O2/c1-15-7-3-4-9(8-15)14-11-6-2-5-10(13)12(11)16(17)18/h2,5-6,9,14H,3-4,7-8H2,1H3. The summed E-state index contributed by atoms with van der Waals surface area (Å²) in [6.07, 6.45) is 1.98. The Morgan fingerprint density at radius 2 is 2.33 bits per heavy atom. The predicted molar refractivity (Wildman–Crippen MR) is 67.2 cm³/mol. The van der Waals surface area contributed by atoms with Crippen LogP contribution in [-0.2, 0) is 0 Å². The Hall–Kier alpha value is -1.69. The van der Waals surface area contributed by atoms with Gasteiger partial charge in [-0.2, -0.15) is 4.39 Å². The molecule has 0 aliphatic carbocycles. The largest absolute Gasteiger partial charge is 0.375 e. The average molecular weight is 253 g/mol. The van der Waals surface area contributed by atoms with Gasteiger partial charge in [0.1, 0.15) is 5.69 Å². The predicted octanol–water partition coefficient (Wildman–Crippen LogP) is 2.24. The molecule has 1 N–H and O–H groups in total. The minimum absolute atomic E-state index is 0.129. The normalized spacial score (nSPS) is 20.7. The third kappa shape index (κ3) is 2.76. The number of likely N-dealkylation sites (tertiary alicyclic amines) is 1. The molecule has 18 heavy (non-hydrogen) atoms. The van der Waals surface area contributed by atoms with Crippen LogP contribution in [0, 0.1) is 15.9 Å². The van der Waals surface area contributed by atoms with Gasteiger partial charge in [-0.3, -0.25) is 10.1 Å². The number of hydrogen-bond acceptors (Lipinski definition) is 4. The second kappa shape index (κ2) is 5.30. The molecule has 0 amide bonds. The number of para-hydroxylation sites is 1. The van der Waals surface area contributed by atoms with Crippen molar-refractivity contribution in [3.63, 3.8) is 0 Å². The first-order valence-electron chi connectivity index (χ1n) is 5.96. The number of piperidine rings is 1. The highest BCUT2D eigenvalue weighted by Gasteiger charge is 2.23. The van der Waals surface area contributed by atoms with E-state index in [1.54, 1.807) is 6.07 Å². The number of rotatable bonds is 3. The molecule has 1 unspecified atom stereocenters. The number of hydrogen-bond donors (Lipinski definition) is 1. The van der Waals surface area contributed by atoms with Crippen LogP contribution in [0.15, 0.2) is 18.2 Å². The van der Waals surface area contributed by atoms with E-state index in [-0.39, 0.29) is 11.7 Å². The summed E-state index contributed by atoms with van der Waals surface area (Å²) >= 11 is 0. The summed E-state index contributed by atoms with van der Waals surface area (Å²) in [4.78, 5) is 12.3. The molecule has 1 heterocycles. The molecule has 1 aliphatic rings. The van der Waals surface area contributed by atoms with Crippen molar-refractivity contribution in [3.05, 3.63) is 34.1 Å². The Balaban J connectivity index is 2.18. The van der Waals surface area contributed by atoms with Crippen LogP contribution < -0.4 is 5.32 Å². The van der Waals surface area contributed by atoms with E-state index in [9.17, 15) is 14.5 Å². The fourth-order valence-electron chi connectivity index (χ4n) is 2.32. The molecular weight excluding hydrogens is 237 g/mol. The van der Waals surface area contributed by atoms with Crippen LogP contribution in [0.1, 0.15) is 12.8 Å². The van der Waals surface area contributed by atoms with Crippen LogP contribution in [-0.4, -0.2) is 36.0 Å². The first-order chi connectivity index (χ1) is 8.58. The molecule has 0 saturated carbocycles. The molecule has 0 aromatic heterocycles. The topological polar surface area (TPSA) is 58.4 Å². The Labute approximate surface area is 105 Å². The van der Waals surface area contributed by atoms with Gasteiger partial charge in [0.05, 0.1) is 4.92 Å². The van der Waals surface area contributed by atoms with Crippen LogP contribution in [0.25, 0.3) is 0 Å². The van der Waals surface area contributed by atoms with Gasteiger partial charge < -0.3 is 10.2 Å². The van der Waals surface area contributed by atoms with E-state index >= 15 is 0 Å². The van der Waals surface area contributed by atoms with Crippen molar-refractivity contribution in [2.75, 3.05) is 25.5 Å². The molecule has 6 heteroatoms. The number of nitrogens with one attached hydrogen (secondary N) is 1. The smallest absolute Gasteiger partial charge is 0.327 e. The summed E-state index contributed by atoms with van der Waals surface area (Å²) in [5, 5.41) is 13.9. The fourth-order valence-corrected chi connectivity index (χ4v) is 2.32. The van der Waals surface area contributed by atoms with Gasteiger partial charge in [0.25, 0.3) is 0 Å². The molecule has 98 valence electrons. The molecule has 1 aliphatic heterocycles. The van der Waals surface area contributed by atoms with Gasteiger partial charge in [-0.05, 0) is 38.6 Å². The number of nitro groups is 1. The van der Waals surface area contributed by atoms with Gasteiger partial charge in [0.2, 0.25) is 5.82 Å². The number of anilines is 1. The first-order valence-corrected chi connectivity index (χ1v) is 5.96. The van der Waals surface area contributed by atoms with Crippen molar-refractivity contribution in [1.82, 2.24) is 4.90 Å². The molecule has 5 nitrogen and oxygen atoms in total. The van der Waals surface area contributed by atoms with Gasteiger partial charge in [0.15, 0.2) is 0 Å². The van der Waals surface area contributed by atoms with Crippen molar-refractivity contribution in [1.29, 1.82) is 0 Å². The monoisotopic (exact) mass is 253 g/mol. The highest BCUT2D eigenvalue weighted by atomic mass is 19.1. The SMILES string of the molecule is CN1CCCC(Nc2cccc(F)c2[N+](=O)[O-])C1.